The summed E-state index contributed by atoms with van der Waals surface area (Å²) >= 11 is 0. The topological polar surface area (TPSA) is 93.2 Å². The van der Waals surface area contributed by atoms with Crippen molar-refractivity contribution in [3.63, 3.8) is 0 Å². The van der Waals surface area contributed by atoms with Gasteiger partial charge in [-0.2, -0.15) is 0 Å². The molecule has 8 nitrogen and oxygen atoms in total. The summed E-state index contributed by atoms with van der Waals surface area (Å²) in [5.74, 6) is 1.14. The van der Waals surface area contributed by atoms with E-state index in [1.54, 1.807) is 36.4 Å². The van der Waals surface area contributed by atoms with Crippen LogP contribution in [0, 0.1) is 10.8 Å². The van der Waals surface area contributed by atoms with Crippen LogP contribution in [0.25, 0.3) is 0 Å². The molecule has 7 rings (SSSR count). The third-order valence-electron chi connectivity index (χ3n) is 11.2. The second kappa shape index (κ2) is 12.2. The van der Waals surface area contributed by atoms with Gasteiger partial charge in [0, 0.05) is 18.5 Å². The van der Waals surface area contributed by atoms with Crippen molar-refractivity contribution in [3.8, 4) is 23.0 Å². The summed E-state index contributed by atoms with van der Waals surface area (Å²) in [6.45, 7) is 13.2. The Morgan fingerprint density at radius 2 is 1.06 bits per heavy atom. The minimum atomic E-state index is -0.340. The van der Waals surface area contributed by atoms with Gasteiger partial charge in [0.15, 0.2) is 0 Å². The van der Waals surface area contributed by atoms with Crippen molar-refractivity contribution in [1.29, 1.82) is 0 Å². The Morgan fingerprint density at radius 1 is 0.627 bits per heavy atom. The van der Waals surface area contributed by atoms with E-state index in [2.05, 4.69) is 41.5 Å². The number of hydrogen-bond acceptors (Lipinski definition) is 6. The number of ether oxygens (including phenoxy) is 2. The van der Waals surface area contributed by atoms with Crippen LogP contribution in [0.15, 0.2) is 84.9 Å². The van der Waals surface area contributed by atoms with Crippen LogP contribution in [0.4, 0.5) is 0 Å². The number of imide groups is 2. The van der Waals surface area contributed by atoms with Gasteiger partial charge in [-0.1, -0.05) is 72.2 Å². The Balaban J connectivity index is 1.02. The van der Waals surface area contributed by atoms with E-state index < -0.39 is 0 Å². The fourth-order valence-corrected chi connectivity index (χ4v) is 8.39. The molecule has 2 atom stereocenters. The van der Waals surface area contributed by atoms with Crippen LogP contribution in [0.2, 0.25) is 0 Å². The van der Waals surface area contributed by atoms with Crippen molar-refractivity contribution >= 4 is 23.6 Å². The van der Waals surface area contributed by atoms with Gasteiger partial charge in [-0.15, -0.1) is 0 Å². The van der Waals surface area contributed by atoms with Crippen molar-refractivity contribution < 1.29 is 28.7 Å². The molecule has 0 saturated heterocycles. The van der Waals surface area contributed by atoms with Gasteiger partial charge in [0.2, 0.25) is 0 Å². The molecule has 4 aromatic carbocycles. The van der Waals surface area contributed by atoms with Crippen LogP contribution in [0.3, 0.4) is 0 Å². The smallest absolute Gasteiger partial charge is 0.261 e. The van der Waals surface area contributed by atoms with Crippen LogP contribution in [-0.2, 0) is 5.41 Å². The van der Waals surface area contributed by atoms with Crippen LogP contribution in [0.5, 0.6) is 23.0 Å². The maximum atomic E-state index is 13.7. The molecule has 1 fully saturated rings. The lowest BCUT2D eigenvalue weighted by Crippen LogP contribution is -2.49. The van der Waals surface area contributed by atoms with Crippen molar-refractivity contribution in [2.45, 2.75) is 78.7 Å². The van der Waals surface area contributed by atoms with E-state index in [9.17, 15) is 19.2 Å². The van der Waals surface area contributed by atoms with Crippen molar-refractivity contribution in [2.75, 3.05) is 7.05 Å². The number of nitrogens with zero attached hydrogens (tertiary/aromatic N) is 2. The summed E-state index contributed by atoms with van der Waals surface area (Å²) in [4.78, 5) is 54.5. The van der Waals surface area contributed by atoms with Crippen molar-refractivity contribution in [2.24, 2.45) is 10.8 Å². The van der Waals surface area contributed by atoms with Gasteiger partial charge < -0.3 is 9.47 Å². The van der Waals surface area contributed by atoms with E-state index in [-0.39, 0.29) is 45.9 Å². The van der Waals surface area contributed by atoms with Gasteiger partial charge in [-0.05, 0) is 102 Å². The molecule has 0 bridgehead atoms. The molecule has 0 radical (unpaired) electrons. The SMILES string of the molecule is CCC1(C)CC(N2C(=O)c3ccc(Oc4ccc(C(C)(C)c5ccc(Oc6ccc7c(c6)C(=O)N(C)C7=O)cc5)cc4)cc3C2=O)CC(C)(C)C1. The lowest BCUT2D eigenvalue weighted by atomic mass is 9.61. The Hall–Kier alpha value is -5.24. The Kier molecular flexibility index (Phi) is 8.20. The average molecular weight is 685 g/mol. The maximum Gasteiger partial charge on any atom is 0.261 e. The van der Waals surface area contributed by atoms with E-state index in [1.165, 1.54) is 11.9 Å². The van der Waals surface area contributed by atoms with E-state index in [1.807, 2.05) is 48.5 Å². The third kappa shape index (κ3) is 6.11. The number of hydrogen-bond donors (Lipinski definition) is 0. The molecular formula is C43H44N2O6. The highest BCUT2D eigenvalue weighted by Gasteiger charge is 2.48. The minimum Gasteiger partial charge on any atom is -0.457 e. The summed E-state index contributed by atoms with van der Waals surface area (Å²) in [7, 11) is 1.47. The van der Waals surface area contributed by atoms with E-state index in [0.29, 0.717) is 45.3 Å². The third-order valence-corrected chi connectivity index (χ3v) is 11.2. The number of rotatable bonds is 8. The molecule has 0 aromatic heterocycles. The van der Waals surface area contributed by atoms with Gasteiger partial charge in [-0.25, -0.2) is 0 Å². The largest absolute Gasteiger partial charge is 0.457 e. The fourth-order valence-electron chi connectivity index (χ4n) is 8.39. The first-order valence-electron chi connectivity index (χ1n) is 17.6. The molecule has 2 aliphatic heterocycles. The number of carbonyl (C=O) groups excluding carboxylic acids is 4. The van der Waals surface area contributed by atoms with Gasteiger partial charge in [0.05, 0.1) is 22.3 Å². The molecule has 0 N–H and O–H groups in total. The summed E-state index contributed by atoms with van der Waals surface area (Å²) < 4.78 is 12.2. The highest BCUT2D eigenvalue weighted by Crippen LogP contribution is 2.50. The first kappa shape index (κ1) is 34.2. The Bertz CT molecular complexity index is 2080. The van der Waals surface area contributed by atoms with Gasteiger partial charge in [0.1, 0.15) is 23.0 Å². The van der Waals surface area contributed by atoms with Crippen molar-refractivity contribution in [3.05, 3.63) is 118 Å². The maximum absolute atomic E-state index is 13.7. The molecular weight excluding hydrogens is 640 g/mol. The quantitative estimate of drug-likeness (QED) is 0.172. The first-order chi connectivity index (χ1) is 24.1. The highest BCUT2D eigenvalue weighted by molar-refractivity contribution is 6.22. The highest BCUT2D eigenvalue weighted by atomic mass is 16.5. The molecule has 1 saturated carbocycles. The Labute approximate surface area is 299 Å². The minimum absolute atomic E-state index is 0.0458. The summed E-state index contributed by atoms with van der Waals surface area (Å²) in [5.41, 5.74) is 3.51. The molecule has 262 valence electrons. The molecule has 4 amide bonds. The summed E-state index contributed by atoms with van der Waals surface area (Å²) in [6.07, 6.45) is 3.72. The molecule has 51 heavy (non-hydrogen) atoms. The fraction of sp³-hybridized carbons (Fsp3) is 0.349. The summed E-state index contributed by atoms with van der Waals surface area (Å²) in [5, 5.41) is 0. The predicted molar refractivity (Wildman–Crippen MR) is 195 cm³/mol. The second-order valence-corrected chi connectivity index (χ2v) is 16.0. The molecule has 2 heterocycles. The summed E-state index contributed by atoms with van der Waals surface area (Å²) in [6, 6.07) is 25.6. The normalized spacial score (nSPS) is 21.2. The van der Waals surface area contributed by atoms with Gasteiger partial charge in [0.25, 0.3) is 23.6 Å². The number of fused-ring (bicyclic) bond motifs is 2. The molecule has 4 aromatic rings. The number of carbonyl (C=O) groups is 4. The zero-order valence-corrected chi connectivity index (χ0v) is 30.3. The van der Waals surface area contributed by atoms with E-state index >= 15 is 0 Å². The lowest BCUT2D eigenvalue weighted by molar-refractivity contribution is 0.0170. The second-order valence-electron chi connectivity index (χ2n) is 16.0. The average Bonchev–Trinajstić information content (AvgIpc) is 3.47. The standard InChI is InChI=1S/C43H44N2O6/c1-8-43(6)24-28(23-41(2,3)25-43)45-39(48)34-20-18-32(22-36(34)40(45)49)51-30-15-11-27(12-16-30)42(4,5)26-9-13-29(14-10-26)50-31-17-19-33-35(21-31)38(47)44(7)37(33)46/h9-22,28H,8,23-25H2,1-7H3. The van der Waals surface area contributed by atoms with Crippen LogP contribution in [0.1, 0.15) is 120 Å². The first-order valence-corrected chi connectivity index (χ1v) is 17.6. The zero-order valence-electron chi connectivity index (χ0n) is 30.3. The molecule has 0 spiro atoms. The Morgan fingerprint density at radius 3 is 1.57 bits per heavy atom. The van der Waals surface area contributed by atoms with E-state index in [0.717, 1.165) is 41.7 Å². The van der Waals surface area contributed by atoms with Crippen molar-refractivity contribution in [1.82, 2.24) is 9.80 Å². The van der Waals surface area contributed by atoms with Crippen LogP contribution >= 0.6 is 0 Å². The molecule has 3 aliphatic rings. The van der Waals surface area contributed by atoms with Gasteiger partial charge >= 0.3 is 0 Å². The van der Waals surface area contributed by atoms with E-state index in [4.69, 9.17) is 9.47 Å². The van der Waals surface area contributed by atoms with Gasteiger partial charge in [-0.3, -0.25) is 29.0 Å². The predicted octanol–water partition coefficient (Wildman–Crippen LogP) is 9.41. The lowest BCUT2D eigenvalue weighted by Gasteiger charge is -2.48. The number of amides is 4. The van der Waals surface area contributed by atoms with Crippen LogP contribution < -0.4 is 9.47 Å². The van der Waals surface area contributed by atoms with Crippen LogP contribution in [-0.4, -0.2) is 46.5 Å². The zero-order chi connectivity index (χ0) is 36.5. The molecule has 2 unspecified atom stereocenters. The molecule has 1 aliphatic carbocycles. The molecule has 8 heteroatoms. The monoisotopic (exact) mass is 684 g/mol. The number of benzene rings is 4.